The Bertz CT molecular complexity index is 1810. The van der Waals surface area contributed by atoms with Crippen LogP contribution in [0, 0.1) is 0 Å². The van der Waals surface area contributed by atoms with Gasteiger partial charge >= 0.3 is 11.9 Å². The maximum absolute atomic E-state index is 12.9. The highest BCUT2D eigenvalue weighted by atomic mass is 16.5. The van der Waals surface area contributed by atoms with Crippen LogP contribution < -0.4 is 10.6 Å². The van der Waals surface area contributed by atoms with Crippen molar-refractivity contribution in [3.8, 4) is 5.75 Å². The minimum Gasteiger partial charge on any atom is -0.507 e. The minimum absolute atomic E-state index is 0.0368. The van der Waals surface area contributed by atoms with Crippen molar-refractivity contribution in [1.82, 2.24) is 10.3 Å². The topological polar surface area (TPSA) is 147 Å². The molecule has 4 aromatic carbocycles. The number of Topliss-reactive ketones (excluding diaryl/α,β-unsaturated/α-hetero) is 1. The molecule has 0 saturated carbocycles. The van der Waals surface area contributed by atoms with E-state index in [0.29, 0.717) is 16.5 Å². The standard InChI is InChI=1S/C34H29N3O7/c1-43-34(42)29(37-32(40)31(39)27-19-35-28-10-6-5-9-25(27)28)18-22-13-16-30(38)26(17-22)33(41)44-20-21-11-14-24(15-12-21)36-23-7-3-2-4-8-23/h2-17,19,29,35-36,38H,18,20H2,1H3,(H,37,40)/t29-/m0/s1. The second-order valence-corrected chi connectivity index (χ2v) is 9.95. The summed E-state index contributed by atoms with van der Waals surface area (Å²) in [7, 11) is 1.16. The van der Waals surface area contributed by atoms with Gasteiger partial charge in [-0.2, -0.15) is 0 Å². The molecular weight excluding hydrogens is 562 g/mol. The van der Waals surface area contributed by atoms with Gasteiger partial charge in [0.05, 0.1) is 12.7 Å². The third-order valence-electron chi connectivity index (χ3n) is 6.94. The molecule has 0 aliphatic rings. The zero-order valence-corrected chi connectivity index (χ0v) is 23.7. The normalized spacial score (nSPS) is 11.4. The molecule has 10 heteroatoms. The van der Waals surface area contributed by atoms with Gasteiger partial charge in [0.15, 0.2) is 0 Å². The number of rotatable bonds is 11. The average molecular weight is 592 g/mol. The van der Waals surface area contributed by atoms with Gasteiger partial charge in [-0.3, -0.25) is 9.59 Å². The number of benzene rings is 4. The highest BCUT2D eigenvalue weighted by molar-refractivity contribution is 6.45. The van der Waals surface area contributed by atoms with Gasteiger partial charge in [-0.1, -0.05) is 54.6 Å². The Morgan fingerprint density at radius 3 is 2.25 bits per heavy atom. The van der Waals surface area contributed by atoms with Crippen molar-refractivity contribution in [2.75, 3.05) is 12.4 Å². The fourth-order valence-electron chi connectivity index (χ4n) is 4.65. The van der Waals surface area contributed by atoms with E-state index in [9.17, 15) is 24.3 Å². The molecule has 0 fully saturated rings. The summed E-state index contributed by atoms with van der Waals surface area (Å²) in [4.78, 5) is 54.1. The number of methoxy groups -OCH3 is 1. The molecule has 0 aliphatic heterocycles. The van der Waals surface area contributed by atoms with Crippen LogP contribution in [0.25, 0.3) is 10.9 Å². The van der Waals surface area contributed by atoms with Crippen LogP contribution in [0.5, 0.6) is 5.75 Å². The average Bonchev–Trinajstić information content (AvgIpc) is 3.48. The van der Waals surface area contributed by atoms with Gasteiger partial charge < -0.3 is 30.2 Å². The van der Waals surface area contributed by atoms with Crippen LogP contribution >= 0.6 is 0 Å². The smallest absolute Gasteiger partial charge is 0.342 e. The molecule has 0 spiro atoms. The largest absolute Gasteiger partial charge is 0.507 e. The van der Waals surface area contributed by atoms with E-state index in [1.165, 1.54) is 24.4 Å². The van der Waals surface area contributed by atoms with Gasteiger partial charge in [0, 0.05) is 34.9 Å². The van der Waals surface area contributed by atoms with E-state index in [0.717, 1.165) is 24.0 Å². The van der Waals surface area contributed by atoms with E-state index in [4.69, 9.17) is 9.47 Å². The lowest BCUT2D eigenvalue weighted by atomic mass is 10.0. The molecule has 0 aliphatic carbocycles. The van der Waals surface area contributed by atoms with Crippen LogP contribution in [0.4, 0.5) is 11.4 Å². The summed E-state index contributed by atoms with van der Waals surface area (Å²) in [6.07, 6.45) is 1.32. The lowest BCUT2D eigenvalue weighted by molar-refractivity contribution is -0.144. The van der Waals surface area contributed by atoms with E-state index < -0.39 is 29.7 Å². The number of ether oxygens (including phenoxy) is 2. The SMILES string of the molecule is COC(=O)[C@H](Cc1ccc(O)c(C(=O)OCc2ccc(Nc3ccccc3)cc2)c1)NC(=O)C(=O)c1c[nH]c2ccccc12. The molecule has 0 radical (unpaired) electrons. The Morgan fingerprint density at radius 1 is 0.818 bits per heavy atom. The summed E-state index contributed by atoms with van der Waals surface area (Å²) in [5.74, 6) is -3.69. The maximum atomic E-state index is 12.9. The zero-order chi connectivity index (χ0) is 31.1. The molecular formula is C34H29N3O7. The molecule has 10 nitrogen and oxygen atoms in total. The van der Waals surface area contributed by atoms with Gasteiger partial charge in [0.2, 0.25) is 0 Å². The molecule has 5 rings (SSSR count). The minimum atomic E-state index is -1.24. The van der Waals surface area contributed by atoms with Crippen molar-refractivity contribution in [3.63, 3.8) is 0 Å². The molecule has 0 saturated heterocycles. The first-order valence-electron chi connectivity index (χ1n) is 13.7. The Labute approximate surface area is 252 Å². The molecule has 5 aromatic rings. The van der Waals surface area contributed by atoms with Gasteiger partial charge in [-0.05, 0) is 53.6 Å². The van der Waals surface area contributed by atoms with Crippen molar-refractivity contribution in [2.24, 2.45) is 0 Å². The highest BCUT2D eigenvalue weighted by Crippen LogP contribution is 2.23. The number of para-hydroxylation sites is 2. The van der Waals surface area contributed by atoms with Crippen molar-refractivity contribution >= 4 is 45.9 Å². The molecule has 1 atom stereocenters. The molecule has 0 bridgehead atoms. The third kappa shape index (κ3) is 6.93. The van der Waals surface area contributed by atoms with Gasteiger partial charge in [-0.25, -0.2) is 9.59 Å². The first-order valence-corrected chi connectivity index (χ1v) is 13.7. The zero-order valence-electron chi connectivity index (χ0n) is 23.7. The second kappa shape index (κ2) is 13.4. The summed E-state index contributed by atoms with van der Waals surface area (Å²) < 4.78 is 10.3. The lowest BCUT2D eigenvalue weighted by Gasteiger charge is -2.17. The third-order valence-corrected chi connectivity index (χ3v) is 6.94. The number of anilines is 2. The summed E-state index contributed by atoms with van der Waals surface area (Å²) in [6.45, 7) is -0.0368. The number of carbonyl (C=O) groups excluding carboxylic acids is 4. The summed E-state index contributed by atoms with van der Waals surface area (Å²) in [5.41, 5.74) is 3.70. The predicted octanol–water partition coefficient (Wildman–Crippen LogP) is 5.06. The van der Waals surface area contributed by atoms with E-state index in [1.54, 1.807) is 24.3 Å². The van der Waals surface area contributed by atoms with Crippen molar-refractivity contribution in [3.05, 3.63) is 126 Å². The molecule has 1 aromatic heterocycles. The van der Waals surface area contributed by atoms with Crippen LogP contribution in [0.15, 0.2) is 103 Å². The van der Waals surface area contributed by atoms with Crippen LogP contribution in [0.1, 0.15) is 31.8 Å². The lowest BCUT2D eigenvalue weighted by Crippen LogP contribution is -2.45. The van der Waals surface area contributed by atoms with E-state index in [1.807, 2.05) is 54.6 Å². The van der Waals surface area contributed by atoms with Crippen LogP contribution in [-0.4, -0.2) is 46.9 Å². The molecule has 44 heavy (non-hydrogen) atoms. The number of hydrogen-bond acceptors (Lipinski definition) is 8. The number of esters is 2. The van der Waals surface area contributed by atoms with Crippen LogP contribution in [-0.2, 0) is 32.1 Å². The van der Waals surface area contributed by atoms with Gasteiger partial charge in [-0.15, -0.1) is 0 Å². The molecule has 0 unspecified atom stereocenters. The number of nitrogens with one attached hydrogen (secondary N) is 3. The van der Waals surface area contributed by atoms with Gasteiger partial charge in [0.25, 0.3) is 11.7 Å². The number of amides is 1. The number of aromatic nitrogens is 1. The van der Waals surface area contributed by atoms with E-state index >= 15 is 0 Å². The Balaban J connectivity index is 1.23. The number of phenolic OH excluding ortho intramolecular Hbond substituents is 1. The number of aromatic hydroxyl groups is 1. The summed E-state index contributed by atoms with van der Waals surface area (Å²) in [5, 5.41) is 16.6. The second-order valence-electron chi connectivity index (χ2n) is 9.95. The summed E-state index contributed by atoms with van der Waals surface area (Å²) in [6, 6.07) is 27.0. The fourth-order valence-corrected chi connectivity index (χ4v) is 4.65. The predicted molar refractivity (Wildman–Crippen MR) is 164 cm³/mol. The van der Waals surface area contributed by atoms with Crippen molar-refractivity contribution in [1.29, 1.82) is 0 Å². The number of aromatic amines is 1. The van der Waals surface area contributed by atoms with Gasteiger partial charge in [0.1, 0.15) is 24.0 Å². The van der Waals surface area contributed by atoms with E-state index in [2.05, 4.69) is 15.6 Å². The number of fused-ring (bicyclic) bond motifs is 1. The summed E-state index contributed by atoms with van der Waals surface area (Å²) >= 11 is 0. The highest BCUT2D eigenvalue weighted by Gasteiger charge is 2.28. The first kappa shape index (κ1) is 29.6. The van der Waals surface area contributed by atoms with Crippen LogP contribution in [0.3, 0.4) is 0 Å². The Kier molecular flexibility index (Phi) is 9.00. The molecule has 1 heterocycles. The molecule has 1 amide bonds. The Hall–Kier alpha value is -5.90. The Morgan fingerprint density at radius 2 is 1.50 bits per heavy atom. The maximum Gasteiger partial charge on any atom is 0.342 e. The van der Waals surface area contributed by atoms with E-state index in [-0.39, 0.29) is 29.9 Å². The quantitative estimate of drug-likeness (QED) is 0.0947. The monoisotopic (exact) mass is 591 g/mol. The number of carbonyl (C=O) groups is 4. The number of H-pyrrole nitrogens is 1. The van der Waals surface area contributed by atoms with Crippen LogP contribution in [0.2, 0.25) is 0 Å². The van der Waals surface area contributed by atoms with Crippen molar-refractivity contribution < 1.29 is 33.8 Å². The molecule has 222 valence electrons. The number of hydrogen-bond donors (Lipinski definition) is 4. The number of ketones is 1. The fraction of sp³-hybridized carbons (Fsp3) is 0.118. The first-order chi connectivity index (χ1) is 21.3. The van der Waals surface area contributed by atoms with Crippen molar-refractivity contribution in [2.45, 2.75) is 19.1 Å². The molecule has 4 N–H and O–H groups in total. The number of phenols is 1.